The molecule has 0 unspecified atom stereocenters. The van der Waals surface area contributed by atoms with E-state index in [1.165, 1.54) is 12.8 Å². The molecule has 4 rings (SSSR count). The van der Waals surface area contributed by atoms with Gasteiger partial charge in [0.15, 0.2) is 5.82 Å². The van der Waals surface area contributed by atoms with Gasteiger partial charge in [-0.2, -0.15) is 0 Å². The van der Waals surface area contributed by atoms with Crippen molar-refractivity contribution in [2.45, 2.75) is 44.6 Å². The molecule has 27 heavy (non-hydrogen) atoms. The number of aromatic nitrogens is 2. The fourth-order valence-corrected chi connectivity index (χ4v) is 4.86. The molecule has 3 aliphatic rings. The average molecular weight is 374 g/mol. The van der Waals surface area contributed by atoms with E-state index in [1.807, 2.05) is 0 Å². The molecule has 1 amide bonds. The molecule has 1 aromatic heterocycles. The van der Waals surface area contributed by atoms with Crippen LogP contribution < -0.4 is 9.64 Å². The van der Waals surface area contributed by atoms with E-state index >= 15 is 0 Å². The molecule has 0 saturated carbocycles. The van der Waals surface area contributed by atoms with E-state index in [4.69, 9.17) is 4.74 Å². The number of hydrogen-bond acceptors (Lipinski definition) is 6. The number of carbonyl (C=O) groups excluding carboxylic acids is 1. The summed E-state index contributed by atoms with van der Waals surface area (Å²) in [6, 6.07) is 0.568. The van der Waals surface area contributed by atoms with Gasteiger partial charge >= 0.3 is 0 Å². The Morgan fingerprint density at radius 1 is 1.00 bits per heavy atom. The van der Waals surface area contributed by atoms with Crippen LogP contribution in [-0.2, 0) is 4.79 Å². The van der Waals surface area contributed by atoms with Crippen molar-refractivity contribution < 1.29 is 9.53 Å². The zero-order chi connectivity index (χ0) is 18.6. The van der Waals surface area contributed by atoms with E-state index in [0.29, 0.717) is 17.8 Å². The molecular formula is C20H31N5O2. The topological polar surface area (TPSA) is 61.8 Å². The fourth-order valence-electron chi connectivity index (χ4n) is 4.86. The lowest BCUT2D eigenvalue weighted by Crippen LogP contribution is -2.51. The Labute approximate surface area is 161 Å². The molecule has 0 aromatic carbocycles. The Hall–Kier alpha value is -1.89. The molecule has 7 heteroatoms. The third-order valence-corrected chi connectivity index (χ3v) is 6.34. The van der Waals surface area contributed by atoms with Gasteiger partial charge in [0, 0.05) is 51.2 Å². The summed E-state index contributed by atoms with van der Waals surface area (Å²) in [6.07, 6.45) is 10.1. The molecule has 0 N–H and O–H groups in total. The molecule has 3 fully saturated rings. The third kappa shape index (κ3) is 4.03. The van der Waals surface area contributed by atoms with Crippen LogP contribution in [0.15, 0.2) is 12.4 Å². The van der Waals surface area contributed by atoms with Gasteiger partial charge in [-0.05, 0) is 45.1 Å². The Morgan fingerprint density at radius 2 is 1.74 bits per heavy atom. The van der Waals surface area contributed by atoms with Crippen LogP contribution in [0.4, 0.5) is 5.82 Å². The van der Waals surface area contributed by atoms with Crippen LogP contribution in [0.25, 0.3) is 0 Å². The van der Waals surface area contributed by atoms with Gasteiger partial charge in [0.05, 0.1) is 13.0 Å². The highest BCUT2D eigenvalue weighted by molar-refractivity contribution is 5.79. The summed E-state index contributed by atoms with van der Waals surface area (Å²) >= 11 is 0. The number of anilines is 1. The molecule has 1 atom stereocenters. The number of piperidine rings is 2. The summed E-state index contributed by atoms with van der Waals surface area (Å²) < 4.78 is 5.36. The van der Waals surface area contributed by atoms with Crippen molar-refractivity contribution in [1.82, 2.24) is 19.8 Å². The Bertz CT molecular complexity index is 641. The van der Waals surface area contributed by atoms with Gasteiger partial charge in [-0.25, -0.2) is 9.97 Å². The summed E-state index contributed by atoms with van der Waals surface area (Å²) in [5.41, 5.74) is 0. The van der Waals surface area contributed by atoms with Crippen LogP contribution in [0.5, 0.6) is 5.88 Å². The number of amides is 1. The number of rotatable bonds is 4. The van der Waals surface area contributed by atoms with E-state index in [9.17, 15) is 4.79 Å². The highest BCUT2D eigenvalue weighted by atomic mass is 16.5. The predicted octanol–water partition coefficient (Wildman–Crippen LogP) is 1.79. The largest absolute Gasteiger partial charge is 0.478 e. The van der Waals surface area contributed by atoms with Crippen LogP contribution in [-0.4, -0.2) is 78.1 Å². The Balaban J connectivity index is 1.33. The molecule has 3 saturated heterocycles. The second-order valence-electron chi connectivity index (χ2n) is 7.97. The van der Waals surface area contributed by atoms with Crippen molar-refractivity contribution in [1.29, 1.82) is 0 Å². The zero-order valence-corrected chi connectivity index (χ0v) is 16.3. The molecule has 7 nitrogen and oxygen atoms in total. The third-order valence-electron chi connectivity index (χ3n) is 6.34. The van der Waals surface area contributed by atoms with Crippen molar-refractivity contribution in [3.63, 3.8) is 0 Å². The summed E-state index contributed by atoms with van der Waals surface area (Å²) in [7, 11) is 1.64. The summed E-state index contributed by atoms with van der Waals surface area (Å²) in [6.45, 7) is 5.92. The quantitative estimate of drug-likeness (QED) is 0.802. The van der Waals surface area contributed by atoms with Gasteiger partial charge in [0.25, 0.3) is 5.88 Å². The highest BCUT2D eigenvalue weighted by Gasteiger charge is 2.34. The maximum Gasteiger partial charge on any atom is 0.257 e. The molecule has 0 spiro atoms. The van der Waals surface area contributed by atoms with E-state index in [1.54, 1.807) is 19.5 Å². The van der Waals surface area contributed by atoms with Gasteiger partial charge in [0.1, 0.15) is 0 Å². The smallest absolute Gasteiger partial charge is 0.257 e. The second-order valence-corrected chi connectivity index (χ2v) is 7.97. The molecule has 0 radical (unpaired) electrons. The predicted molar refractivity (Wildman–Crippen MR) is 104 cm³/mol. The van der Waals surface area contributed by atoms with Crippen LogP contribution in [0, 0.1) is 5.92 Å². The molecule has 0 bridgehead atoms. The first kappa shape index (κ1) is 18.5. The number of likely N-dealkylation sites (tertiary alicyclic amines) is 2. The standard InChI is InChI=1S/C20H31N5O2/c1-27-19-18(21-8-9-22-19)23-13-6-17(7-14-23)25-12-4-5-16(15-25)20(26)24-10-2-3-11-24/h8-9,16-17H,2-7,10-15H2,1H3/t16-/m0/s1. The summed E-state index contributed by atoms with van der Waals surface area (Å²) in [4.78, 5) is 28.5. The summed E-state index contributed by atoms with van der Waals surface area (Å²) in [5, 5.41) is 0. The fraction of sp³-hybridized carbons (Fsp3) is 0.750. The van der Waals surface area contributed by atoms with E-state index in [0.717, 1.165) is 70.8 Å². The SMILES string of the molecule is COc1nccnc1N1CCC(N2CCC[C@H](C(=O)N3CCCC3)C2)CC1. The summed E-state index contributed by atoms with van der Waals surface area (Å²) in [5.74, 6) is 2.05. The van der Waals surface area contributed by atoms with Gasteiger partial charge < -0.3 is 14.5 Å². The number of ether oxygens (including phenoxy) is 1. The second kappa shape index (κ2) is 8.42. The minimum Gasteiger partial charge on any atom is -0.478 e. The van der Waals surface area contributed by atoms with Gasteiger partial charge in [-0.15, -0.1) is 0 Å². The number of nitrogens with zero attached hydrogens (tertiary/aromatic N) is 5. The lowest BCUT2D eigenvalue weighted by atomic mass is 9.93. The molecular weight excluding hydrogens is 342 g/mol. The maximum atomic E-state index is 12.8. The van der Waals surface area contributed by atoms with E-state index < -0.39 is 0 Å². The number of methoxy groups -OCH3 is 1. The normalized spacial score (nSPS) is 25.0. The number of hydrogen-bond donors (Lipinski definition) is 0. The zero-order valence-electron chi connectivity index (χ0n) is 16.3. The van der Waals surface area contributed by atoms with E-state index in [-0.39, 0.29) is 5.92 Å². The lowest BCUT2D eigenvalue weighted by Gasteiger charge is -2.42. The van der Waals surface area contributed by atoms with Crippen LogP contribution in [0.1, 0.15) is 38.5 Å². The Kier molecular flexibility index (Phi) is 5.76. The van der Waals surface area contributed by atoms with Crippen molar-refractivity contribution in [2.24, 2.45) is 5.92 Å². The monoisotopic (exact) mass is 373 g/mol. The molecule has 4 heterocycles. The van der Waals surface area contributed by atoms with Crippen LogP contribution in [0.3, 0.4) is 0 Å². The van der Waals surface area contributed by atoms with Crippen molar-refractivity contribution in [2.75, 3.05) is 51.3 Å². The first-order valence-electron chi connectivity index (χ1n) is 10.4. The Morgan fingerprint density at radius 3 is 2.48 bits per heavy atom. The minimum absolute atomic E-state index is 0.204. The van der Waals surface area contributed by atoms with Gasteiger partial charge in [-0.3, -0.25) is 9.69 Å². The first-order valence-corrected chi connectivity index (χ1v) is 10.4. The first-order chi connectivity index (χ1) is 13.3. The van der Waals surface area contributed by atoms with Crippen molar-refractivity contribution in [3.05, 3.63) is 12.4 Å². The van der Waals surface area contributed by atoms with Crippen molar-refractivity contribution >= 4 is 11.7 Å². The van der Waals surface area contributed by atoms with Gasteiger partial charge in [0.2, 0.25) is 5.91 Å². The van der Waals surface area contributed by atoms with Crippen LogP contribution >= 0.6 is 0 Å². The highest BCUT2D eigenvalue weighted by Crippen LogP contribution is 2.29. The molecule has 1 aromatic rings. The van der Waals surface area contributed by atoms with Crippen LogP contribution in [0.2, 0.25) is 0 Å². The number of carbonyl (C=O) groups is 1. The molecule has 3 aliphatic heterocycles. The van der Waals surface area contributed by atoms with Crippen molar-refractivity contribution in [3.8, 4) is 5.88 Å². The minimum atomic E-state index is 0.204. The van der Waals surface area contributed by atoms with Gasteiger partial charge in [-0.1, -0.05) is 0 Å². The average Bonchev–Trinajstić information content (AvgIpc) is 3.28. The lowest BCUT2D eigenvalue weighted by molar-refractivity contribution is -0.136. The maximum absolute atomic E-state index is 12.8. The molecule has 148 valence electrons. The van der Waals surface area contributed by atoms with E-state index in [2.05, 4.69) is 24.7 Å². The molecule has 0 aliphatic carbocycles.